The van der Waals surface area contributed by atoms with Crippen molar-refractivity contribution in [2.45, 2.75) is 73.6 Å². The Kier molecular flexibility index (Phi) is 7.01. The molecule has 0 saturated carbocycles. The monoisotopic (exact) mass is 288 g/mol. The highest BCUT2D eigenvalue weighted by Gasteiger charge is 2.09. The lowest BCUT2D eigenvalue weighted by Crippen LogP contribution is -1.99. The number of hydrogen-bond donors (Lipinski definition) is 1. The first kappa shape index (κ1) is 17.8. The van der Waals surface area contributed by atoms with Gasteiger partial charge in [0.1, 0.15) is 5.75 Å². The molecule has 0 bridgehead atoms. The molecule has 0 amide bonds. The molecule has 118 valence electrons. The fourth-order valence-corrected chi connectivity index (χ4v) is 2.85. The van der Waals surface area contributed by atoms with Gasteiger partial charge in [-0.05, 0) is 88.5 Å². The van der Waals surface area contributed by atoms with E-state index in [4.69, 9.17) is 0 Å². The van der Waals surface area contributed by atoms with E-state index < -0.39 is 0 Å². The van der Waals surface area contributed by atoms with E-state index in [2.05, 4.69) is 39.8 Å². The minimum absolute atomic E-state index is 0.464. The number of phenolic OH excluding ortho intramolecular Hbond substituents is 1. The van der Waals surface area contributed by atoms with Crippen molar-refractivity contribution in [2.24, 2.45) is 5.92 Å². The van der Waals surface area contributed by atoms with E-state index in [0.717, 1.165) is 23.5 Å². The maximum absolute atomic E-state index is 9.96. The Morgan fingerprint density at radius 1 is 1.14 bits per heavy atom. The summed E-state index contributed by atoms with van der Waals surface area (Å²) in [5.74, 6) is 1.26. The van der Waals surface area contributed by atoms with Crippen LogP contribution >= 0.6 is 0 Å². The molecule has 0 aromatic heterocycles. The quantitative estimate of drug-likeness (QED) is 0.608. The van der Waals surface area contributed by atoms with Crippen molar-refractivity contribution in [3.8, 4) is 5.75 Å². The average Bonchev–Trinajstić information content (AvgIpc) is 2.41. The largest absolute Gasteiger partial charge is 0.507 e. The zero-order chi connectivity index (χ0) is 16.0. The minimum atomic E-state index is 0.464. The SMILES string of the molecule is CC(C)=CCCC(C)CCCc1cc(C)c(O)c(C)c1C. The summed E-state index contributed by atoms with van der Waals surface area (Å²) in [6, 6.07) is 2.16. The molecule has 1 nitrogen and oxygen atoms in total. The van der Waals surface area contributed by atoms with Crippen LogP contribution in [0.15, 0.2) is 17.7 Å². The first-order valence-corrected chi connectivity index (χ1v) is 8.25. The van der Waals surface area contributed by atoms with Crippen molar-refractivity contribution in [2.75, 3.05) is 0 Å². The first-order valence-electron chi connectivity index (χ1n) is 8.25. The minimum Gasteiger partial charge on any atom is -0.507 e. The van der Waals surface area contributed by atoms with Crippen LogP contribution in [0.25, 0.3) is 0 Å². The van der Waals surface area contributed by atoms with Gasteiger partial charge in [0.15, 0.2) is 0 Å². The van der Waals surface area contributed by atoms with Crippen LogP contribution < -0.4 is 0 Å². The second-order valence-electron chi connectivity index (χ2n) is 6.81. The van der Waals surface area contributed by atoms with Gasteiger partial charge in [-0.3, -0.25) is 0 Å². The van der Waals surface area contributed by atoms with E-state index in [-0.39, 0.29) is 0 Å². The third-order valence-electron chi connectivity index (χ3n) is 4.52. The van der Waals surface area contributed by atoms with Gasteiger partial charge in [-0.1, -0.05) is 31.1 Å². The summed E-state index contributed by atoms with van der Waals surface area (Å²) in [7, 11) is 0. The average molecular weight is 288 g/mol. The van der Waals surface area contributed by atoms with Crippen molar-refractivity contribution in [1.82, 2.24) is 0 Å². The number of aryl methyl sites for hydroxylation is 2. The van der Waals surface area contributed by atoms with Crippen LogP contribution in [0.3, 0.4) is 0 Å². The van der Waals surface area contributed by atoms with Crippen LogP contribution in [0.4, 0.5) is 0 Å². The Morgan fingerprint density at radius 3 is 2.43 bits per heavy atom. The molecule has 21 heavy (non-hydrogen) atoms. The summed E-state index contributed by atoms with van der Waals surface area (Å²) in [6.45, 7) is 12.8. The van der Waals surface area contributed by atoms with Crippen molar-refractivity contribution in [1.29, 1.82) is 0 Å². The molecule has 0 aliphatic heterocycles. The number of benzene rings is 1. The van der Waals surface area contributed by atoms with Gasteiger partial charge in [-0.2, -0.15) is 0 Å². The fourth-order valence-electron chi connectivity index (χ4n) is 2.85. The van der Waals surface area contributed by atoms with E-state index in [1.165, 1.54) is 42.4 Å². The summed E-state index contributed by atoms with van der Waals surface area (Å²) in [5, 5.41) is 9.96. The third kappa shape index (κ3) is 5.57. The second-order valence-corrected chi connectivity index (χ2v) is 6.81. The van der Waals surface area contributed by atoms with Crippen molar-refractivity contribution >= 4 is 0 Å². The highest BCUT2D eigenvalue weighted by Crippen LogP contribution is 2.28. The zero-order valence-corrected chi connectivity index (χ0v) is 14.7. The van der Waals surface area contributed by atoms with E-state index in [1.807, 2.05) is 13.8 Å². The molecule has 0 aliphatic rings. The molecule has 1 atom stereocenters. The summed E-state index contributed by atoms with van der Waals surface area (Å²) >= 11 is 0. The molecule has 0 heterocycles. The van der Waals surface area contributed by atoms with Crippen LogP contribution in [-0.2, 0) is 6.42 Å². The van der Waals surface area contributed by atoms with Gasteiger partial charge in [0.25, 0.3) is 0 Å². The van der Waals surface area contributed by atoms with Gasteiger partial charge in [-0.25, -0.2) is 0 Å². The van der Waals surface area contributed by atoms with Crippen LogP contribution in [-0.4, -0.2) is 5.11 Å². The molecule has 1 heteroatoms. The molecule has 1 rings (SSSR count). The summed E-state index contributed by atoms with van der Waals surface area (Å²) < 4.78 is 0. The smallest absolute Gasteiger partial charge is 0.121 e. The predicted octanol–water partition coefficient (Wildman–Crippen LogP) is 6.02. The molecular formula is C20H32O. The molecule has 0 saturated heterocycles. The molecule has 1 aromatic carbocycles. The fraction of sp³-hybridized carbons (Fsp3) is 0.600. The van der Waals surface area contributed by atoms with Crippen molar-refractivity contribution in [3.63, 3.8) is 0 Å². The Labute approximate surface area is 131 Å². The maximum atomic E-state index is 9.96. The number of aromatic hydroxyl groups is 1. The summed E-state index contributed by atoms with van der Waals surface area (Å²) in [6.07, 6.45) is 8.49. The Morgan fingerprint density at radius 2 is 1.81 bits per heavy atom. The van der Waals surface area contributed by atoms with Gasteiger partial charge < -0.3 is 5.11 Å². The van der Waals surface area contributed by atoms with Gasteiger partial charge in [0.05, 0.1) is 0 Å². The van der Waals surface area contributed by atoms with Crippen LogP contribution in [0, 0.1) is 26.7 Å². The topological polar surface area (TPSA) is 20.2 Å². The number of rotatable bonds is 7. The van der Waals surface area contributed by atoms with Gasteiger partial charge in [-0.15, -0.1) is 0 Å². The predicted molar refractivity (Wildman–Crippen MR) is 93.1 cm³/mol. The lowest BCUT2D eigenvalue weighted by atomic mass is 9.92. The van der Waals surface area contributed by atoms with Crippen molar-refractivity contribution in [3.05, 3.63) is 40.0 Å². The van der Waals surface area contributed by atoms with E-state index in [9.17, 15) is 5.11 Å². The maximum Gasteiger partial charge on any atom is 0.121 e. The number of phenols is 1. The standard InChI is InChI=1S/C20H32O/c1-14(2)9-7-10-15(3)11-8-12-19-13-16(4)20(21)18(6)17(19)5/h9,13,15,21H,7-8,10-12H2,1-6H3. The number of hydrogen-bond acceptors (Lipinski definition) is 1. The van der Waals surface area contributed by atoms with Crippen molar-refractivity contribution < 1.29 is 5.11 Å². The molecule has 0 radical (unpaired) electrons. The van der Waals surface area contributed by atoms with Gasteiger partial charge in [0.2, 0.25) is 0 Å². The van der Waals surface area contributed by atoms with Gasteiger partial charge >= 0.3 is 0 Å². The molecule has 1 aromatic rings. The van der Waals surface area contributed by atoms with Gasteiger partial charge in [0, 0.05) is 0 Å². The molecule has 0 aliphatic carbocycles. The Hall–Kier alpha value is -1.24. The molecule has 0 spiro atoms. The molecule has 1 N–H and O–H groups in total. The molecule has 0 fully saturated rings. The molecular weight excluding hydrogens is 256 g/mol. The van der Waals surface area contributed by atoms with Crippen LogP contribution in [0.1, 0.15) is 68.7 Å². The van der Waals surface area contributed by atoms with Crippen LogP contribution in [0.2, 0.25) is 0 Å². The van der Waals surface area contributed by atoms with E-state index in [1.54, 1.807) is 0 Å². The summed E-state index contributed by atoms with van der Waals surface area (Å²) in [5.41, 5.74) is 6.13. The Balaban J connectivity index is 2.48. The second kappa shape index (κ2) is 8.26. The molecule has 1 unspecified atom stereocenters. The summed E-state index contributed by atoms with van der Waals surface area (Å²) in [4.78, 5) is 0. The normalized spacial score (nSPS) is 12.3. The van der Waals surface area contributed by atoms with E-state index in [0.29, 0.717) is 5.75 Å². The first-order chi connectivity index (χ1) is 9.82. The highest BCUT2D eigenvalue weighted by molar-refractivity contribution is 5.48. The Bertz CT molecular complexity index is 493. The zero-order valence-electron chi connectivity index (χ0n) is 14.7. The van der Waals surface area contributed by atoms with Crippen LogP contribution in [0.5, 0.6) is 5.75 Å². The lowest BCUT2D eigenvalue weighted by Gasteiger charge is -2.14. The lowest BCUT2D eigenvalue weighted by molar-refractivity contribution is 0.464. The highest BCUT2D eigenvalue weighted by atomic mass is 16.3. The third-order valence-corrected chi connectivity index (χ3v) is 4.52. The van der Waals surface area contributed by atoms with E-state index >= 15 is 0 Å². The number of allylic oxidation sites excluding steroid dienone is 2.